The van der Waals surface area contributed by atoms with Crippen LogP contribution in [-0.2, 0) is 24.2 Å². The van der Waals surface area contributed by atoms with Gasteiger partial charge in [0.2, 0.25) is 7.44 Å². The molecule has 1 aliphatic heterocycles. The summed E-state index contributed by atoms with van der Waals surface area (Å²) >= 11 is 0. The number of nitrogens with zero attached hydrogens (tertiary/aromatic N) is 2. The number of hydrogen-bond acceptors (Lipinski definition) is 2. The summed E-state index contributed by atoms with van der Waals surface area (Å²) in [7, 11) is -2.90. The Balaban J connectivity index is 1.50. The third kappa shape index (κ3) is 4.78. The second-order valence-electron chi connectivity index (χ2n) is 9.72. The maximum Gasteiger partial charge on any atom is 0.233 e. The van der Waals surface area contributed by atoms with Crippen LogP contribution in [0.15, 0.2) is 91.0 Å². The fraction of sp³-hybridized carbons (Fsp3) is 0.379. The quantitative estimate of drug-likeness (QED) is 0.372. The second-order valence-corrected chi connectivity index (χ2v) is 12.7. The van der Waals surface area contributed by atoms with E-state index < -0.39 is 7.44 Å². The van der Waals surface area contributed by atoms with Crippen LogP contribution in [0.3, 0.4) is 0 Å². The van der Waals surface area contributed by atoms with Crippen LogP contribution >= 0.6 is 7.44 Å². The van der Waals surface area contributed by atoms with Crippen LogP contribution in [0.5, 0.6) is 0 Å². The third-order valence-electron chi connectivity index (χ3n) is 7.52. The molecule has 1 heterocycles. The van der Waals surface area contributed by atoms with Gasteiger partial charge in [0.1, 0.15) is 0 Å². The van der Waals surface area contributed by atoms with Crippen molar-refractivity contribution in [2.24, 2.45) is 0 Å². The fourth-order valence-corrected chi connectivity index (χ4v) is 9.40. The zero-order valence-corrected chi connectivity index (χ0v) is 21.0. The van der Waals surface area contributed by atoms with Gasteiger partial charge in [-0.15, -0.1) is 0 Å². The Morgan fingerprint density at radius 3 is 1.59 bits per heavy atom. The molecule has 1 saturated heterocycles. The number of hydrogen-bond donors (Lipinski definition) is 1. The van der Waals surface area contributed by atoms with Gasteiger partial charge in [0.25, 0.3) is 0 Å². The van der Waals surface area contributed by atoms with Crippen molar-refractivity contribution >= 4 is 7.44 Å². The molecule has 1 unspecified atom stereocenters. The van der Waals surface area contributed by atoms with Crippen molar-refractivity contribution in [3.63, 3.8) is 0 Å². The van der Waals surface area contributed by atoms with Crippen LogP contribution in [0.1, 0.15) is 49.3 Å². The lowest BCUT2D eigenvalue weighted by Gasteiger charge is -2.37. The van der Waals surface area contributed by atoms with Crippen molar-refractivity contribution in [2.45, 2.75) is 70.1 Å². The molecule has 1 N–H and O–H groups in total. The van der Waals surface area contributed by atoms with Gasteiger partial charge in [-0.3, -0.25) is 4.57 Å². The molecular weight excluding hydrogens is 437 g/mol. The summed E-state index contributed by atoms with van der Waals surface area (Å²) in [6, 6.07) is 32.3. The van der Waals surface area contributed by atoms with Crippen LogP contribution in [0.2, 0.25) is 0 Å². The molecule has 1 saturated carbocycles. The van der Waals surface area contributed by atoms with E-state index in [9.17, 15) is 0 Å². The summed E-state index contributed by atoms with van der Waals surface area (Å²) in [6.45, 7) is 4.33. The van der Waals surface area contributed by atoms with Gasteiger partial charge in [0.15, 0.2) is 0 Å². The number of nitrogens with one attached hydrogen (secondary N) is 1. The first-order valence-corrected chi connectivity index (χ1v) is 14.3. The minimum Gasteiger partial charge on any atom is -0.301 e. The third-order valence-corrected chi connectivity index (χ3v) is 11.1. The molecule has 0 radical (unpaired) electrons. The molecule has 0 amide bonds. The second kappa shape index (κ2) is 10.6. The Morgan fingerprint density at radius 1 is 0.735 bits per heavy atom. The molecule has 3 aromatic carbocycles. The predicted octanol–water partition coefficient (Wildman–Crippen LogP) is 6.64. The molecule has 178 valence electrons. The van der Waals surface area contributed by atoms with Crippen molar-refractivity contribution in [3.05, 3.63) is 108 Å². The normalized spacial score (nSPS) is 23.4. The van der Waals surface area contributed by atoms with E-state index in [4.69, 9.17) is 0 Å². The van der Waals surface area contributed by atoms with Crippen molar-refractivity contribution < 1.29 is 4.57 Å². The minimum atomic E-state index is -2.90. The van der Waals surface area contributed by atoms with E-state index in [2.05, 4.69) is 107 Å². The van der Waals surface area contributed by atoms with Gasteiger partial charge < -0.3 is 5.32 Å². The molecule has 1 aliphatic carbocycles. The van der Waals surface area contributed by atoms with Gasteiger partial charge in [-0.2, -0.15) is 0 Å². The molecule has 0 aromatic heterocycles. The van der Waals surface area contributed by atoms with Crippen molar-refractivity contribution in [1.82, 2.24) is 14.7 Å². The van der Waals surface area contributed by atoms with E-state index >= 15 is 4.57 Å². The molecule has 0 spiro atoms. The van der Waals surface area contributed by atoms with Gasteiger partial charge in [0.05, 0.1) is 5.78 Å². The summed E-state index contributed by atoms with van der Waals surface area (Å²) in [4.78, 5) is 0. The van der Waals surface area contributed by atoms with Crippen molar-refractivity contribution in [1.29, 1.82) is 0 Å². The molecule has 5 heteroatoms. The molecular formula is C29H36N3OP. The lowest BCUT2D eigenvalue weighted by Crippen LogP contribution is -2.39. The minimum absolute atomic E-state index is 0.134. The summed E-state index contributed by atoms with van der Waals surface area (Å²) in [5, 5.41) is 3.68. The highest BCUT2D eigenvalue weighted by Gasteiger charge is 2.56. The highest BCUT2D eigenvalue weighted by Crippen LogP contribution is 2.66. The van der Waals surface area contributed by atoms with Crippen LogP contribution in [0.4, 0.5) is 0 Å². The number of benzene rings is 3. The smallest absolute Gasteiger partial charge is 0.233 e. The molecule has 0 bridgehead atoms. The Kier molecular flexibility index (Phi) is 7.32. The SMILES string of the molecule is CC(NCc1ccccc1)P1(=O)N(Cc2ccccc2)[C@@H]2CCCC[C@H]2N1Cc1ccccc1. The number of rotatable bonds is 8. The molecule has 5 rings (SSSR count). The highest BCUT2D eigenvalue weighted by molar-refractivity contribution is 7.60. The largest absolute Gasteiger partial charge is 0.301 e. The Hall–Kier alpha value is -2.23. The highest BCUT2D eigenvalue weighted by atomic mass is 31.2. The summed E-state index contributed by atoms with van der Waals surface area (Å²) in [5.74, 6) is -0.134. The van der Waals surface area contributed by atoms with E-state index in [1.165, 1.54) is 29.5 Å². The summed E-state index contributed by atoms with van der Waals surface area (Å²) in [6.07, 6.45) is 4.69. The topological polar surface area (TPSA) is 35.6 Å². The van der Waals surface area contributed by atoms with E-state index in [0.717, 1.165) is 32.5 Å². The Labute approximate surface area is 204 Å². The maximum atomic E-state index is 15.4. The van der Waals surface area contributed by atoms with Crippen molar-refractivity contribution in [2.75, 3.05) is 0 Å². The number of fused-ring (bicyclic) bond motifs is 1. The first-order valence-electron chi connectivity index (χ1n) is 12.7. The molecule has 4 nitrogen and oxygen atoms in total. The van der Waals surface area contributed by atoms with Gasteiger partial charge in [-0.05, 0) is 36.5 Å². The lowest BCUT2D eigenvalue weighted by molar-refractivity contribution is 0.197. The van der Waals surface area contributed by atoms with E-state index in [1.54, 1.807) is 0 Å². The average molecular weight is 474 g/mol. The zero-order chi connectivity index (χ0) is 23.4. The van der Waals surface area contributed by atoms with Crippen LogP contribution in [-0.4, -0.2) is 27.2 Å². The van der Waals surface area contributed by atoms with Crippen LogP contribution in [0, 0.1) is 0 Å². The van der Waals surface area contributed by atoms with Gasteiger partial charge in [0, 0.05) is 31.7 Å². The van der Waals surface area contributed by atoms with Gasteiger partial charge >= 0.3 is 0 Å². The summed E-state index contributed by atoms with van der Waals surface area (Å²) in [5.41, 5.74) is 3.70. The average Bonchev–Trinajstić information content (AvgIpc) is 3.13. The van der Waals surface area contributed by atoms with E-state index in [-0.39, 0.29) is 5.78 Å². The first kappa shape index (κ1) is 23.5. The predicted molar refractivity (Wildman–Crippen MR) is 140 cm³/mol. The van der Waals surface area contributed by atoms with Gasteiger partial charge in [-0.25, -0.2) is 9.34 Å². The molecule has 3 aromatic rings. The van der Waals surface area contributed by atoms with Crippen LogP contribution in [0.25, 0.3) is 0 Å². The van der Waals surface area contributed by atoms with Gasteiger partial charge in [-0.1, -0.05) is 104 Å². The lowest BCUT2D eigenvalue weighted by atomic mass is 9.90. The zero-order valence-electron chi connectivity index (χ0n) is 20.1. The summed E-state index contributed by atoms with van der Waals surface area (Å²) < 4.78 is 20.2. The molecule has 2 aliphatic rings. The monoisotopic (exact) mass is 473 g/mol. The molecule has 2 fully saturated rings. The van der Waals surface area contributed by atoms with E-state index in [1.807, 2.05) is 6.07 Å². The van der Waals surface area contributed by atoms with Crippen molar-refractivity contribution in [3.8, 4) is 0 Å². The first-order chi connectivity index (χ1) is 16.7. The molecule has 34 heavy (non-hydrogen) atoms. The van der Waals surface area contributed by atoms with Crippen LogP contribution < -0.4 is 5.32 Å². The Morgan fingerprint density at radius 2 is 1.15 bits per heavy atom. The maximum absolute atomic E-state index is 15.4. The Bertz CT molecular complexity index is 1030. The molecule has 3 atom stereocenters. The van der Waals surface area contributed by atoms with E-state index in [0.29, 0.717) is 12.1 Å². The standard InChI is InChI=1S/C29H36N3OP/c1-24(30-21-25-13-5-2-6-14-25)34(33)31(22-26-15-7-3-8-16-26)28-19-11-12-20-29(28)32(34)23-27-17-9-4-10-18-27/h2-10,13-18,24,28-30H,11-12,19-23H2,1H3/t24?,28-,29-/m1/s1. The fourth-order valence-electron chi connectivity index (χ4n) is 5.76.